The maximum Gasteiger partial charge on any atom is 0.407 e. The first kappa shape index (κ1) is 30.2. The first-order chi connectivity index (χ1) is 19.6. The van der Waals surface area contributed by atoms with E-state index in [1.807, 2.05) is 18.2 Å². The molecule has 10 heteroatoms. The molecule has 2 heterocycles. The highest BCUT2D eigenvalue weighted by Crippen LogP contribution is 2.40. The fourth-order valence-corrected chi connectivity index (χ4v) is 5.44. The van der Waals surface area contributed by atoms with Crippen LogP contribution in [0.4, 0.5) is 10.5 Å². The van der Waals surface area contributed by atoms with Gasteiger partial charge in [0.25, 0.3) is 11.8 Å². The molecule has 2 aromatic carbocycles. The van der Waals surface area contributed by atoms with Crippen molar-refractivity contribution in [2.45, 2.75) is 52.2 Å². The number of alkyl carbamates (subject to hydrolysis) is 1. The van der Waals surface area contributed by atoms with Crippen LogP contribution in [0.15, 0.2) is 36.4 Å². The number of carbonyl (C=O) groups is 3. The number of anilines is 1. The number of likely N-dealkylation sites (N-methyl/N-ethyl adjacent to an activating group) is 1. The fourth-order valence-electron chi connectivity index (χ4n) is 5.44. The van der Waals surface area contributed by atoms with Crippen molar-refractivity contribution in [3.63, 3.8) is 0 Å². The van der Waals surface area contributed by atoms with Crippen molar-refractivity contribution in [1.82, 2.24) is 15.1 Å². The topological polar surface area (TPSA) is 101 Å². The zero-order chi connectivity index (χ0) is 29.7. The molecular formula is C31H42N4O6. The average molecular weight is 567 g/mol. The van der Waals surface area contributed by atoms with Crippen LogP contribution >= 0.6 is 0 Å². The lowest BCUT2D eigenvalue weighted by Gasteiger charge is -2.36. The quantitative estimate of drug-likeness (QED) is 0.332. The number of rotatable bonds is 10. The summed E-state index contributed by atoms with van der Waals surface area (Å²) >= 11 is 0. The maximum atomic E-state index is 14.1. The Labute approximate surface area is 242 Å². The van der Waals surface area contributed by atoms with E-state index in [0.29, 0.717) is 42.0 Å². The monoisotopic (exact) mass is 566 g/mol. The Kier molecular flexibility index (Phi) is 9.42. The number of fused-ring (bicyclic) bond motifs is 1. The van der Waals surface area contributed by atoms with E-state index in [1.165, 1.54) is 4.90 Å². The van der Waals surface area contributed by atoms with Crippen LogP contribution in [-0.2, 0) is 4.74 Å². The normalized spacial score (nSPS) is 16.4. The van der Waals surface area contributed by atoms with E-state index in [0.717, 1.165) is 44.0 Å². The van der Waals surface area contributed by atoms with E-state index in [2.05, 4.69) is 22.0 Å². The van der Waals surface area contributed by atoms with Crippen molar-refractivity contribution in [3.05, 3.63) is 53.1 Å². The molecule has 0 spiro atoms. The van der Waals surface area contributed by atoms with Gasteiger partial charge < -0.3 is 29.3 Å². The summed E-state index contributed by atoms with van der Waals surface area (Å²) in [7, 11) is 3.11. The Bertz CT molecular complexity index is 1270. The third-order valence-electron chi connectivity index (χ3n) is 7.51. The molecule has 1 fully saturated rings. The molecule has 2 aromatic rings. The van der Waals surface area contributed by atoms with Gasteiger partial charge in [0, 0.05) is 32.7 Å². The van der Waals surface area contributed by atoms with E-state index in [4.69, 9.17) is 14.2 Å². The van der Waals surface area contributed by atoms with E-state index in [-0.39, 0.29) is 11.8 Å². The van der Waals surface area contributed by atoms with Gasteiger partial charge in [-0.25, -0.2) is 4.79 Å². The Hall–Kier alpha value is -3.79. The lowest BCUT2D eigenvalue weighted by atomic mass is 9.99. The minimum Gasteiger partial charge on any atom is -0.493 e. The molecule has 0 aromatic heterocycles. The van der Waals surface area contributed by atoms with Crippen molar-refractivity contribution < 1.29 is 28.6 Å². The molecule has 2 aliphatic heterocycles. The second kappa shape index (κ2) is 12.8. The second-order valence-electron chi connectivity index (χ2n) is 11.3. The molecule has 0 saturated carbocycles. The molecule has 10 nitrogen and oxygen atoms in total. The van der Waals surface area contributed by atoms with Crippen molar-refractivity contribution in [2.75, 3.05) is 58.4 Å². The molecule has 2 aliphatic rings. The summed E-state index contributed by atoms with van der Waals surface area (Å²) < 4.78 is 16.3. The number of benzene rings is 2. The summed E-state index contributed by atoms with van der Waals surface area (Å²) in [5.74, 6) is 0.433. The lowest BCUT2D eigenvalue weighted by molar-refractivity contribution is 0.0510. The van der Waals surface area contributed by atoms with Crippen molar-refractivity contribution in [2.24, 2.45) is 0 Å². The highest BCUT2D eigenvalue weighted by atomic mass is 16.6. The van der Waals surface area contributed by atoms with Gasteiger partial charge in [-0.15, -0.1) is 0 Å². The van der Waals surface area contributed by atoms with E-state index >= 15 is 0 Å². The van der Waals surface area contributed by atoms with Gasteiger partial charge >= 0.3 is 6.09 Å². The highest BCUT2D eigenvalue weighted by molar-refractivity contribution is 6.24. The van der Waals surface area contributed by atoms with Crippen LogP contribution < -0.4 is 19.7 Å². The largest absolute Gasteiger partial charge is 0.493 e. The van der Waals surface area contributed by atoms with Gasteiger partial charge in [0.05, 0.1) is 37.1 Å². The lowest BCUT2D eigenvalue weighted by Crippen LogP contribution is -2.46. The van der Waals surface area contributed by atoms with Gasteiger partial charge in [0.1, 0.15) is 5.60 Å². The van der Waals surface area contributed by atoms with Crippen LogP contribution in [0.5, 0.6) is 11.5 Å². The number of nitrogens with one attached hydrogen (secondary N) is 1. The van der Waals surface area contributed by atoms with E-state index < -0.39 is 17.7 Å². The molecule has 3 amide bonds. The smallest absolute Gasteiger partial charge is 0.407 e. The molecule has 222 valence electrons. The van der Waals surface area contributed by atoms with E-state index in [9.17, 15) is 14.4 Å². The van der Waals surface area contributed by atoms with Gasteiger partial charge in [-0.1, -0.05) is 19.1 Å². The predicted octanol–water partition coefficient (Wildman–Crippen LogP) is 4.49. The van der Waals surface area contributed by atoms with Crippen LogP contribution in [0.3, 0.4) is 0 Å². The molecule has 4 rings (SSSR count). The van der Waals surface area contributed by atoms with Crippen LogP contribution in [0.1, 0.15) is 72.9 Å². The zero-order valence-corrected chi connectivity index (χ0v) is 25.0. The maximum absolute atomic E-state index is 14.1. The Balaban J connectivity index is 1.61. The van der Waals surface area contributed by atoms with Gasteiger partial charge in [-0.3, -0.25) is 14.5 Å². The zero-order valence-electron chi connectivity index (χ0n) is 25.0. The Morgan fingerprint density at radius 2 is 1.68 bits per heavy atom. The standard InChI is InChI=1S/C31H42N4O6/c1-7-33-16-18-34(19-17-33)24-11-8-10-22-27(24)29(37)35(28(22)36)23(12-9-15-32-30(38)41-31(2,3)4)21-13-14-25(39-5)26(20-21)40-6/h8,10-11,13-14,20,23H,7,9,12,15-19H2,1-6H3,(H,32,38). The third-order valence-corrected chi connectivity index (χ3v) is 7.51. The number of ether oxygens (including phenoxy) is 3. The molecular weight excluding hydrogens is 524 g/mol. The fraction of sp³-hybridized carbons (Fsp3) is 0.516. The van der Waals surface area contributed by atoms with Gasteiger partial charge in [0.15, 0.2) is 11.5 Å². The van der Waals surface area contributed by atoms with Gasteiger partial charge in [0.2, 0.25) is 0 Å². The minimum atomic E-state index is -0.604. The second-order valence-corrected chi connectivity index (χ2v) is 11.3. The summed E-state index contributed by atoms with van der Waals surface area (Å²) in [4.78, 5) is 46.1. The summed E-state index contributed by atoms with van der Waals surface area (Å²) in [6.07, 6.45) is 0.437. The summed E-state index contributed by atoms with van der Waals surface area (Å²) in [5, 5.41) is 2.77. The van der Waals surface area contributed by atoms with Crippen molar-refractivity contribution >= 4 is 23.6 Å². The number of carbonyl (C=O) groups excluding carboxylic acids is 3. The Morgan fingerprint density at radius 1 is 0.976 bits per heavy atom. The number of hydrogen-bond donors (Lipinski definition) is 1. The summed E-state index contributed by atoms with van der Waals surface area (Å²) in [6, 6.07) is 10.4. The summed E-state index contributed by atoms with van der Waals surface area (Å²) in [6.45, 7) is 12.3. The first-order valence-corrected chi connectivity index (χ1v) is 14.2. The number of methoxy groups -OCH3 is 2. The van der Waals surface area contributed by atoms with Crippen LogP contribution in [0.2, 0.25) is 0 Å². The van der Waals surface area contributed by atoms with Gasteiger partial charge in [-0.2, -0.15) is 0 Å². The van der Waals surface area contributed by atoms with Crippen LogP contribution in [0, 0.1) is 0 Å². The van der Waals surface area contributed by atoms with Gasteiger partial charge in [-0.05, 0) is 70.0 Å². The minimum absolute atomic E-state index is 0.307. The Morgan fingerprint density at radius 3 is 2.32 bits per heavy atom. The molecule has 1 N–H and O–H groups in total. The summed E-state index contributed by atoms with van der Waals surface area (Å²) in [5.41, 5.74) is 1.82. The van der Waals surface area contributed by atoms with Crippen molar-refractivity contribution in [3.8, 4) is 11.5 Å². The molecule has 1 atom stereocenters. The molecule has 0 bridgehead atoms. The van der Waals surface area contributed by atoms with E-state index in [1.54, 1.807) is 53.2 Å². The van der Waals surface area contributed by atoms with Crippen molar-refractivity contribution in [1.29, 1.82) is 0 Å². The highest BCUT2D eigenvalue weighted by Gasteiger charge is 2.43. The number of hydrogen-bond acceptors (Lipinski definition) is 8. The number of imide groups is 1. The van der Waals surface area contributed by atoms with Crippen LogP contribution in [-0.4, -0.2) is 86.8 Å². The van der Waals surface area contributed by atoms with Crippen LogP contribution in [0.25, 0.3) is 0 Å². The first-order valence-electron chi connectivity index (χ1n) is 14.2. The number of piperazine rings is 1. The number of amides is 3. The molecule has 1 saturated heterocycles. The molecule has 0 aliphatic carbocycles. The third kappa shape index (κ3) is 6.75. The SMILES string of the molecule is CCN1CCN(c2cccc3c2C(=O)N(C(CCCNC(=O)OC(C)(C)C)c2ccc(OC)c(OC)c2)C3=O)CC1. The molecule has 0 radical (unpaired) electrons. The molecule has 41 heavy (non-hydrogen) atoms. The average Bonchev–Trinajstić information content (AvgIpc) is 3.21. The predicted molar refractivity (Wildman–Crippen MR) is 157 cm³/mol. The molecule has 1 unspecified atom stereocenters. The number of nitrogens with zero attached hydrogens (tertiary/aromatic N) is 3.